The Hall–Kier alpha value is -2.77. The summed E-state index contributed by atoms with van der Waals surface area (Å²) in [5.74, 6) is 0.987. The molecule has 2 aromatic heterocycles. The smallest absolute Gasteiger partial charge is 0.248 e. The minimum atomic E-state index is -0.494. The third-order valence-electron chi connectivity index (χ3n) is 4.04. The maximum Gasteiger partial charge on any atom is 0.248 e. The first-order valence-corrected chi connectivity index (χ1v) is 9.39. The van der Waals surface area contributed by atoms with Gasteiger partial charge in [0.25, 0.3) is 0 Å². The Bertz CT molecular complexity index is 1170. The number of aryl methyl sites for hydroxylation is 1. The van der Waals surface area contributed by atoms with Crippen LogP contribution in [0.4, 0.5) is 10.8 Å². The van der Waals surface area contributed by atoms with E-state index in [9.17, 15) is 4.79 Å². The molecule has 1 amide bonds. The van der Waals surface area contributed by atoms with Crippen molar-refractivity contribution in [2.75, 3.05) is 5.32 Å². The number of carbonyl (C=O) groups excluding carboxylic acids is 1. The lowest BCUT2D eigenvalue weighted by atomic mass is 10.1. The first-order chi connectivity index (χ1) is 12.9. The number of aromatic nitrogens is 1. The summed E-state index contributed by atoms with van der Waals surface area (Å²) in [6.07, 6.45) is -0.00827. The summed E-state index contributed by atoms with van der Waals surface area (Å²) in [5.41, 5.74) is 8.05. The Balaban J connectivity index is 0.00000225. The van der Waals surface area contributed by atoms with E-state index >= 15 is 0 Å². The van der Waals surface area contributed by atoms with Gasteiger partial charge in [-0.3, -0.25) is 4.79 Å². The van der Waals surface area contributed by atoms with Crippen LogP contribution in [0.3, 0.4) is 0 Å². The number of nitrogens with one attached hydrogen (secondary N) is 1. The third kappa shape index (κ3) is 3.76. The van der Waals surface area contributed by atoms with Crippen molar-refractivity contribution in [1.82, 2.24) is 4.98 Å². The molecule has 0 aliphatic heterocycles. The quantitative estimate of drug-likeness (QED) is 0.453. The van der Waals surface area contributed by atoms with Crippen molar-refractivity contribution in [1.29, 1.82) is 0 Å². The number of furan rings is 1. The van der Waals surface area contributed by atoms with Crippen molar-refractivity contribution >= 4 is 61.7 Å². The summed E-state index contributed by atoms with van der Waals surface area (Å²) < 4.78 is 12.7. The molecule has 8 heteroatoms. The van der Waals surface area contributed by atoms with E-state index in [0.717, 1.165) is 26.9 Å². The van der Waals surface area contributed by atoms with Crippen LogP contribution in [0.2, 0.25) is 0 Å². The van der Waals surface area contributed by atoms with Gasteiger partial charge in [-0.25, -0.2) is 4.98 Å². The Kier molecular flexibility index (Phi) is 5.49. The molecule has 146 valence electrons. The van der Waals surface area contributed by atoms with Crippen LogP contribution in [-0.4, -0.2) is 17.0 Å². The van der Waals surface area contributed by atoms with Gasteiger partial charge < -0.3 is 20.2 Å². The number of fused-ring (bicyclic) bond motifs is 3. The number of anilines is 2. The largest absolute Gasteiger partial charge is 0.489 e. The zero-order chi connectivity index (χ0) is 19.1. The maximum atomic E-state index is 11.6. The summed E-state index contributed by atoms with van der Waals surface area (Å²) in [7, 11) is 0. The number of amides is 1. The van der Waals surface area contributed by atoms with Gasteiger partial charge in [0.05, 0.1) is 16.5 Å². The normalized spacial score (nSPS) is 11.0. The topological polar surface area (TPSA) is 90.4 Å². The molecule has 0 saturated carbocycles. The average molecular weight is 418 g/mol. The highest BCUT2D eigenvalue weighted by Gasteiger charge is 2.14. The lowest BCUT2D eigenvalue weighted by molar-refractivity contribution is 0.100. The zero-order valence-corrected chi connectivity index (χ0v) is 17.2. The molecule has 0 radical (unpaired) electrons. The number of hydrogen-bond donors (Lipinski definition) is 2. The molecular formula is C20H20ClN3O3S. The molecule has 0 unspecified atom stereocenters. The number of ether oxygens (including phenoxy) is 1. The van der Waals surface area contributed by atoms with Crippen LogP contribution in [0.15, 0.2) is 40.8 Å². The lowest BCUT2D eigenvalue weighted by Gasteiger charge is -2.15. The van der Waals surface area contributed by atoms with Crippen LogP contribution in [0.1, 0.15) is 30.0 Å². The van der Waals surface area contributed by atoms with Gasteiger partial charge >= 0.3 is 0 Å². The van der Waals surface area contributed by atoms with Crippen LogP contribution >= 0.6 is 23.7 Å². The predicted octanol–water partition coefficient (Wildman–Crippen LogP) is 5.40. The second-order valence-electron chi connectivity index (χ2n) is 6.57. The van der Waals surface area contributed by atoms with Gasteiger partial charge in [0.2, 0.25) is 5.91 Å². The maximum absolute atomic E-state index is 11.6. The summed E-state index contributed by atoms with van der Waals surface area (Å²) in [5, 5.41) is 4.97. The minimum absolute atomic E-state index is 0. The van der Waals surface area contributed by atoms with Crippen molar-refractivity contribution in [3.05, 3.63) is 47.7 Å². The second kappa shape index (κ2) is 7.69. The molecular weight excluding hydrogens is 398 g/mol. The van der Waals surface area contributed by atoms with E-state index in [0.29, 0.717) is 22.1 Å². The Labute approximate surface area is 172 Å². The van der Waals surface area contributed by atoms with Gasteiger partial charge in [-0.1, -0.05) is 11.3 Å². The van der Waals surface area contributed by atoms with Crippen LogP contribution in [0, 0.1) is 6.92 Å². The van der Waals surface area contributed by atoms with Gasteiger partial charge in [0, 0.05) is 10.9 Å². The third-order valence-corrected chi connectivity index (χ3v) is 4.97. The zero-order valence-electron chi connectivity index (χ0n) is 15.6. The summed E-state index contributed by atoms with van der Waals surface area (Å²) in [6, 6.07) is 11.1. The van der Waals surface area contributed by atoms with Crippen LogP contribution in [-0.2, 0) is 0 Å². The van der Waals surface area contributed by atoms with Crippen molar-refractivity contribution in [3.8, 4) is 5.75 Å². The van der Waals surface area contributed by atoms with Crippen molar-refractivity contribution in [2.45, 2.75) is 26.9 Å². The molecule has 3 N–H and O–H groups in total. The fourth-order valence-corrected chi connectivity index (χ4v) is 3.80. The van der Waals surface area contributed by atoms with Gasteiger partial charge in [-0.05, 0) is 57.2 Å². The van der Waals surface area contributed by atoms with Crippen LogP contribution < -0.4 is 15.8 Å². The van der Waals surface area contributed by atoms with Crippen LogP contribution in [0.25, 0.3) is 21.2 Å². The molecule has 4 aromatic rings. The standard InChI is InChI=1S/C20H19N3O3S.ClH/c1-10(2)25-15-6-4-13(19(21)24)9-14(15)22-20-23-17-16(27-20)7-5-12-8-11(3)26-18(12)17;/h4-10H,1-3H3,(H2,21,24)(H,22,23);1H. The van der Waals surface area contributed by atoms with E-state index in [4.69, 9.17) is 14.9 Å². The molecule has 0 bridgehead atoms. The Morgan fingerprint density at radius 3 is 2.75 bits per heavy atom. The Morgan fingerprint density at radius 2 is 2.04 bits per heavy atom. The van der Waals surface area contributed by atoms with E-state index in [1.807, 2.05) is 39.0 Å². The highest BCUT2D eigenvalue weighted by molar-refractivity contribution is 7.22. The van der Waals surface area contributed by atoms with E-state index in [-0.39, 0.29) is 18.5 Å². The molecule has 4 rings (SSSR count). The fraction of sp³-hybridized carbons (Fsp3) is 0.200. The molecule has 28 heavy (non-hydrogen) atoms. The molecule has 2 aromatic carbocycles. The highest BCUT2D eigenvalue weighted by atomic mass is 35.5. The summed E-state index contributed by atoms with van der Waals surface area (Å²) >= 11 is 1.50. The molecule has 6 nitrogen and oxygen atoms in total. The van der Waals surface area contributed by atoms with Gasteiger partial charge in [-0.2, -0.15) is 0 Å². The van der Waals surface area contributed by atoms with E-state index in [1.54, 1.807) is 18.2 Å². The molecule has 0 atom stereocenters. The first kappa shape index (κ1) is 20.0. The van der Waals surface area contributed by atoms with Gasteiger partial charge in [0.15, 0.2) is 10.7 Å². The average Bonchev–Trinajstić information content (AvgIpc) is 3.17. The molecule has 0 saturated heterocycles. The SMILES string of the molecule is Cc1cc2ccc3sc(Nc4cc(C(N)=O)ccc4OC(C)C)nc3c2o1.Cl. The lowest BCUT2D eigenvalue weighted by Crippen LogP contribution is -2.12. The highest BCUT2D eigenvalue weighted by Crippen LogP contribution is 2.36. The monoisotopic (exact) mass is 417 g/mol. The second-order valence-corrected chi connectivity index (χ2v) is 7.60. The molecule has 0 spiro atoms. The van der Waals surface area contributed by atoms with Crippen molar-refractivity contribution < 1.29 is 13.9 Å². The number of halogens is 1. The molecule has 0 aliphatic carbocycles. The molecule has 2 heterocycles. The van der Waals surface area contributed by atoms with Crippen molar-refractivity contribution in [2.24, 2.45) is 5.73 Å². The van der Waals surface area contributed by atoms with E-state index in [2.05, 4.69) is 10.3 Å². The first-order valence-electron chi connectivity index (χ1n) is 8.58. The van der Waals surface area contributed by atoms with Crippen molar-refractivity contribution in [3.63, 3.8) is 0 Å². The molecule has 0 fully saturated rings. The number of carbonyl (C=O) groups is 1. The van der Waals surface area contributed by atoms with Gasteiger partial charge in [-0.15, -0.1) is 12.4 Å². The summed E-state index contributed by atoms with van der Waals surface area (Å²) in [4.78, 5) is 16.2. The molecule has 0 aliphatic rings. The number of thiazole rings is 1. The minimum Gasteiger partial charge on any atom is -0.489 e. The van der Waals surface area contributed by atoms with Crippen LogP contribution in [0.5, 0.6) is 5.75 Å². The number of benzene rings is 2. The van der Waals surface area contributed by atoms with Gasteiger partial charge in [0.1, 0.15) is 17.0 Å². The number of primary amides is 1. The van der Waals surface area contributed by atoms with E-state index in [1.165, 1.54) is 11.3 Å². The number of nitrogens with zero attached hydrogens (tertiary/aromatic N) is 1. The number of hydrogen-bond acceptors (Lipinski definition) is 6. The van der Waals surface area contributed by atoms with E-state index < -0.39 is 5.91 Å². The number of rotatable bonds is 5. The number of nitrogens with two attached hydrogens (primary N) is 1. The fourth-order valence-electron chi connectivity index (χ4n) is 2.92. The summed E-state index contributed by atoms with van der Waals surface area (Å²) in [6.45, 7) is 5.81. The Morgan fingerprint density at radius 1 is 1.25 bits per heavy atom. The predicted molar refractivity (Wildman–Crippen MR) is 115 cm³/mol.